The van der Waals surface area contributed by atoms with Crippen molar-refractivity contribution < 1.29 is 9.90 Å². The Morgan fingerprint density at radius 3 is 2.71 bits per heavy atom. The lowest BCUT2D eigenvalue weighted by Crippen LogP contribution is -2.48. The zero-order valence-electron chi connectivity index (χ0n) is 11.7. The third-order valence-electron chi connectivity index (χ3n) is 3.82. The first kappa shape index (κ1) is 13.8. The van der Waals surface area contributed by atoms with Crippen LogP contribution in [0.15, 0.2) is 36.5 Å². The SMILES string of the molecule is O=C(O)c1cn(C2CN(CCCc3ccccc3)C2)nn1. The fraction of sp³-hybridized carbons (Fsp3) is 0.400. The molecule has 0 atom stereocenters. The summed E-state index contributed by atoms with van der Waals surface area (Å²) < 4.78 is 1.66. The number of hydrogen-bond acceptors (Lipinski definition) is 4. The van der Waals surface area contributed by atoms with Gasteiger partial charge in [0.1, 0.15) is 0 Å². The van der Waals surface area contributed by atoms with E-state index < -0.39 is 5.97 Å². The van der Waals surface area contributed by atoms with Gasteiger partial charge in [0.15, 0.2) is 5.69 Å². The molecule has 6 nitrogen and oxygen atoms in total. The molecule has 1 saturated heterocycles. The van der Waals surface area contributed by atoms with E-state index in [1.807, 2.05) is 6.07 Å². The van der Waals surface area contributed by atoms with Gasteiger partial charge >= 0.3 is 5.97 Å². The first-order valence-electron chi connectivity index (χ1n) is 7.14. The Morgan fingerprint density at radius 2 is 2.05 bits per heavy atom. The van der Waals surface area contributed by atoms with Gasteiger partial charge in [-0.15, -0.1) is 5.10 Å². The Hall–Kier alpha value is -2.21. The normalized spacial score (nSPS) is 15.8. The van der Waals surface area contributed by atoms with Crippen molar-refractivity contribution in [2.45, 2.75) is 18.9 Å². The van der Waals surface area contributed by atoms with E-state index in [0.717, 1.165) is 32.5 Å². The molecule has 2 heterocycles. The standard InChI is InChI=1S/C15H18N4O2/c20-15(21)14-11-19(17-16-14)13-9-18(10-13)8-4-7-12-5-2-1-3-6-12/h1-3,5-6,11,13H,4,7-10H2,(H,20,21). The smallest absolute Gasteiger partial charge is 0.358 e. The molecule has 2 aromatic rings. The van der Waals surface area contributed by atoms with Gasteiger partial charge in [-0.1, -0.05) is 35.5 Å². The van der Waals surface area contributed by atoms with Crippen molar-refractivity contribution in [1.82, 2.24) is 19.9 Å². The number of aromatic carboxylic acids is 1. The van der Waals surface area contributed by atoms with Crippen LogP contribution >= 0.6 is 0 Å². The van der Waals surface area contributed by atoms with Crippen molar-refractivity contribution in [1.29, 1.82) is 0 Å². The van der Waals surface area contributed by atoms with Crippen molar-refractivity contribution in [3.05, 3.63) is 47.8 Å². The van der Waals surface area contributed by atoms with Crippen molar-refractivity contribution in [3.63, 3.8) is 0 Å². The molecule has 1 aromatic heterocycles. The van der Waals surface area contributed by atoms with E-state index in [9.17, 15) is 4.79 Å². The van der Waals surface area contributed by atoms with E-state index in [2.05, 4.69) is 39.5 Å². The molecule has 0 saturated carbocycles. The van der Waals surface area contributed by atoms with Gasteiger partial charge < -0.3 is 5.11 Å². The van der Waals surface area contributed by atoms with Gasteiger partial charge in [0.2, 0.25) is 0 Å². The van der Waals surface area contributed by atoms with Gasteiger partial charge in [-0.2, -0.15) is 0 Å². The zero-order chi connectivity index (χ0) is 14.7. The van der Waals surface area contributed by atoms with Crippen molar-refractivity contribution in [3.8, 4) is 0 Å². The number of carboxylic acids is 1. The number of hydrogen-bond donors (Lipinski definition) is 1. The molecule has 1 aliphatic heterocycles. The molecular weight excluding hydrogens is 268 g/mol. The van der Waals surface area contributed by atoms with E-state index in [0.29, 0.717) is 0 Å². The van der Waals surface area contributed by atoms with Gasteiger partial charge in [-0.25, -0.2) is 9.48 Å². The zero-order valence-corrected chi connectivity index (χ0v) is 11.7. The summed E-state index contributed by atoms with van der Waals surface area (Å²) in [5.74, 6) is -1.03. The topological polar surface area (TPSA) is 71.2 Å². The second-order valence-electron chi connectivity index (χ2n) is 5.39. The fourth-order valence-electron chi connectivity index (χ4n) is 2.60. The van der Waals surface area contributed by atoms with Crippen LogP contribution in [-0.2, 0) is 6.42 Å². The van der Waals surface area contributed by atoms with E-state index in [-0.39, 0.29) is 11.7 Å². The van der Waals surface area contributed by atoms with E-state index in [1.165, 1.54) is 11.8 Å². The summed E-state index contributed by atoms with van der Waals surface area (Å²) >= 11 is 0. The van der Waals surface area contributed by atoms with Crippen molar-refractivity contribution >= 4 is 5.97 Å². The first-order valence-corrected chi connectivity index (χ1v) is 7.14. The maximum absolute atomic E-state index is 10.8. The van der Waals surface area contributed by atoms with Crippen LogP contribution in [0.5, 0.6) is 0 Å². The molecule has 0 spiro atoms. The number of nitrogens with zero attached hydrogens (tertiary/aromatic N) is 4. The van der Waals surface area contributed by atoms with Crippen LogP contribution in [0, 0.1) is 0 Å². The Labute approximate surface area is 123 Å². The highest BCUT2D eigenvalue weighted by atomic mass is 16.4. The lowest BCUT2D eigenvalue weighted by molar-refractivity contribution is 0.0690. The molecule has 0 aliphatic carbocycles. The van der Waals surface area contributed by atoms with Crippen LogP contribution in [0.2, 0.25) is 0 Å². The molecule has 1 aliphatic rings. The lowest BCUT2D eigenvalue weighted by Gasteiger charge is -2.38. The molecule has 0 radical (unpaired) electrons. The molecule has 6 heteroatoms. The maximum Gasteiger partial charge on any atom is 0.358 e. The van der Waals surface area contributed by atoms with Crippen LogP contribution in [0.25, 0.3) is 0 Å². The molecule has 0 bridgehead atoms. The second-order valence-corrected chi connectivity index (χ2v) is 5.39. The van der Waals surface area contributed by atoms with Crippen LogP contribution < -0.4 is 0 Å². The lowest BCUT2D eigenvalue weighted by atomic mass is 10.1. The minimum atomic E-state index is -1.03. The highest BCUT2D eigenvalue weighted by Gasteiger charge is 2.29. The molecule has 0 unspecified atom stereocenters. The molecule has 1 aromatic carbocycles. The van der Waals surface area contributed by atoms with Gasteiger partial charge in [0, 0.05) is 13.1 Å². The van der Waals surface area contributed by atoms with Gasteiger partial charge in [0.05, 0.1) is 12.2 Å². The third-order valence-corrected chi connectivity index (χ3v) is 3.82. The quantitative estimate of drug-likeness (QED) is 0.870. The van der Waals surface area contributed by atoms with E-state index >= 15 is 0 Å². The second kappa shape index (κ2) is 6.05. The van der Waals surface area contributed by atoms with Gasteiger partial charge in [-0.3, -0.25) is 4.90 Å². The van der Waals surface area contributed by atoms with Crippen LogP contribution in [0.4, 0.5) is 0 Å². The number of aromatic nitrogens is 3. The largest absolute Gasteiger partial charge is 0.476 e. The minimum absolute atomic E-state index is 0.0116. The summed E-state index contributed by atoms with van der Waals surface area (Å²) in [7, 11) is 0. The number of carbonyl (C=O) groups is 1. The Balaban J connectivity index is 1.40. The Kier molecular flexibility index (Phi) is 3.96. The van der Waals surface area contributed by atoms with E-state index in [4.69, 9.17) is 5.11 Å². The molecule has 1 fully saturated rings. The number of likely N-dealkylation sites (tertiary alicyclic amines) is 1. The third kappa shape index (κ3) is 3.28. The minimum Gasteiger partial charge on any atom is -0.476 e. The van der Waals surface area contributed by atoms with Gasteiger partial charge in [0.25, 0.3) is 0 Å². The number of carboxylic acid groups (broad SMARTS) is 1. The molecule has 1 N–H and O–H groups in total. The predicted octanol–water partition coefficient (Wildman–Crippen LogP) is 1.47. The van der Waals surface area contributed by atoms with Crippen molar-refractivity contribution in [2.24, 2.45) is 0 Å². The highest BCUT2D eigenvalue weighted by molar-refractivity contribution is 5.84. The summed E-state index contributed by atoms with van der Waals surface area (Å²) in [5, 5.41) is 16.3. The number of benzene rings is 1. The maximum atomic E-state index is 10.8. The molecule has 21 heavy (non-hydrogen) atoms. The summed E-state index contributed by atoms with van der Waals surface area (Å²) in [6.45, 7) is 2.89. The Morgan fingerprint density at radius 1 is 1.29 bits per heavy atom. The summed E-state index contributed by atoms with van der Waals surface area (Å²) in [5.41, 5.74) is 1.38. The molecular formula is C15H18N4O2. The van der Waals surface area contributed by atoms with E-state index in [1.54, 1.807) is 4.68 Å². The monoisotopic (exact) mass is 286 g/mol. The van der Waals surface area contributed by atoms with Crippen LogP contribution in [-0.4, -0.2) is 50.6 Å². The predicted molar refractivity (Wildman–Crippen MR) is 77.2 cm³/mol. The molecule has 0 amide bonds. The average Bonchev–Trinajstić information content (AvgIpc) is 2.92. The van der Waals surface area contributed by atoms with Gasteiger partial charge in [-0.05, 0) is 24.9 Å². The van der Waals surface area contributed by atoms with Crippen LogP contribution in [0.3, 0.4) is 0 Å². The summed E-state index contributed by atoms with van der Waals surface area (Å²) in [4.78, 5) is 13.1. The summed E-state index contributed by atoms with van der Waals surface area (Å²) in [6.07, 6.45) is 3.73. The first-order chi connectivity index (χ1) is 10.2. The van der Waals surface area contributed by atoms with Crippen LogP contribution in [0.1, 0.15) is 28.5 Å². The average molecular weight is 286 g/mol. The van der Waals surface area contributed by atoms with Crippen molar-refractivity contribution in [2.75, 3.05) is 19.6 Å². The Bertz CT molecular complexity index is 605. The number of aryl methyl sites for hydroxylation is 1. The fourth-order valence-corrected chi connectivity index (χ4v) is 2.60. The summed E-state index contributed by atoms with van der Waals surface area (Å²) in [6, 6.07) is 10.7. The molecule has 110 valence electrons. The highest BCUT2D eigenvalue weighted by Crippen LogP contribution is 2.20. The number of rotatable bonds is 6. The molecule has 3 rings (SSSR count).